The fourth-order valence-corrected chi connectivity index (χ4v) is 2.70. The van der Waals surface area contributed by atoms with Gasteiger partial charge in [-0.05, 0) is 23.7 Å². The van der Waals surface area contributed by atoms with Crippen molar-refractivity contribution < 1.29 is 0 Å². The Hall–Kier alpha value is 0. The van der Waals surface area contributed by atoms with Gasteiger partial charge in [0.05, 0.1) is 0 Å². The fourth-order valence-electron chi connectivity index (χ4n) is 2.70. The summed E-state index contributed by atoms with van der Waals surface area (Å²) in [4.78, 5) is 0. The predicted octanol–water partition coefficient (Wildman–Crippen LogP) is 4.25. The second-order valence-corrected chi connectivity index (χ2v) is 5.22. The molecule has 0 heteroatoms. The van der Waals surface area contributed by atoms with Crippen LogP contribution in [0.5, 0.6) is 0 Å². The normalized spacial score (nSPS) is 35.0. The Bertz CT molecular complexity index is 133. The summed E-state index contributed by atoms with van der Waals surface area (Å²) in [5.41, 5.74) is 0.609. The highest BCUT2D eigenvalue weighted by Gasteiger charge is 2.34. The van der Waals surface area contributed by atoms with Crippen molar-refractivity contribution in [3.8, 4) is 0 Å². The van der Waals surface area contributed by atoms with E-state index in [2.05, 4.69) is 27.7 Å². The molecule has 0 aromatic carbocycles. The third-order valence-electron chi connectivity index (χ3n) is 4.00. The maximum atomic E-state index is 2.46. The van der Waals surface area contributed by atoms with E-state index in [1.807, 2.05) is 0 Å². The lowest BCUT2D eigenvalue weighted by Crippen LogP contribution is -2.32. The summed E-state index contributed by atoms with van der Waals surface area (Å²) in [5, 5.41) is 0. The number of rotatable bonds is 2. The van der Waals surface area contributed by atoms with Crippen LogP contribution >= 0.6 is 0 Å². The first-order chi connectivity index (χ1) is 5.58. The van der Waals surface area contributed by atoms with Crippen LogP contribution < -0.4 is 0 Å². The predicted molar refractivity (Wildman–Crippen MR) is 55.2 cm³/mol. The third-order valence-corrected chi connectivity index (χ3v) is 4.00. The van der Waals surface area contributed by atoms with Gasteiger partial charge < -0.3 is 0 Å². The largest absolute Gasteiger partial charge is 0.0654 e. The SMILES string of the molecule is CCC[C@@H]1CCCC(C)(C)[C@@H]1C. The summed E-state index contributed by atoms with van der Waals surface area (Å²) in [6, 6.07) is 0. The van der Waals surface area contributed by atoms with Gasteiger partial charge in [-0.2, -0.15) is 0 Å². The van der Waals surface area contributed by atoms with Crippen LogP contribution in [0.2, 0.25) is 0 Å². The summed E-state index contributed by atoms with van der Waals surface area (Å²) in [5.74, 6) is 1.95. The van der Waals surface area contributed by atoms with Crippen molar-refractivity contribution in [1.29, 1.82) is 0 Å². The molecule has 2 atom stereocenters. The van der Waals surface area contributed by atoms with Crippen LogP contribution in [0.4, 0.5) is 0 Å². The second kappa shape index (κ2) is 3.81. The van der Waals surface area contributed by atoms with Crippen LogP contribution in [0.15, 0.2) is 0 Å². The van der Waals surface area contributed by atoms with Gasteiger partial charge in [-0.25, -0.2) is 0 Å². The highest BCUT2D eigenvalue weighted by Crippen LogP contribution is 2.45. The molecular formula is C12H24. The molecule has 0 radical (unpaired) electrons. The monoisotopic (exact) mass is 168 g/mol. The first-order valence-electron chi connectivity index (χ1n) is 5.58. The van der Waals surface area contributed by atoms with E-state index < -0.39 is 0 Å². The van der Waals surface area contributed by atoms with E-state index >= 15 is 0 Å². The molecular weight excluding hydrogens is 144 g/mol. The van der Waals surface area contributed by atoms with Crippen molar-refractivity contribution in [2.24, 2.45) is 17.3 Å². The molecule has 0 bridgehead atoms. The molecule has 0 aromatic rings. The average Bonchev–Trinajstić information content (AvgIpc) is 1.99. The standard InChI is InChI=1S/C12H24/c1-5-7-11-8-6-9-12(3,4)10(11)2/h10-11H,5-9H2,1-4H3/t10-,11-/m1/s1. The van der Waals surface area contributed by atoms with Crippen LogP contribution in [0.3, 0.4) is 0 Å². The Kier molecular flexibility index (Phi) is 3.20. The molecule has 0 amide bonds. The molecule has 0 saturated heterocycles. The lowest BCUT2D eigenvalue weighted by molar-refractivity contribution is 0.0836. The molecule has 0 spiro atoms. The zero-order valence-corrected chi connectivity index (χ0v) is 9.19. The first-order valence-corrected chi connectivity index (χ1v) is 5.58. The molecule has 1 aliphatic carbocycles. The minimum absolute atomic E-state index is 0.609. The van der Waals surface area contributed by atoms with Crippen molar-refractivity contribution in [1.82, 2.24) is 0 Å². The average molecular weight is 168 g/mol. The Morgan fingerprint density at radius 3 is 2.58 bits per heavy atom. The molecule has 1 fully saturated rings. The van der Waals surface area contributed by atoms with E-state index in [0.29, 0.717) is 5.41 Å². The topological polar surface area (TPSA) is 0 Å². The maximum absolute atomic E-state index is 2.46. The molecule has 1 saturated carbocycles. The third kappa shape index (κ3) is 2.02. The number of hydrogen-bond donors (Lipinski definition) is 0. The van der Waals surface area contributed by atoms with Gasteiger partial charge in [-0.3, -0.25) is 0 Å². The van der Waals surface area contributed by atoms with E-state index in [1.54, 1.807) is 0 Å². The zero-order valence-electron chi connectivity index (χ0n) is 9.19. The van der Waals surface area contributed by atoms with Crippen molar-refractivity contribution in [2.75, 3.05) is 0 Å². The molecule has 0 aliphatic heterocycles. The van der Waals surface area contributed by atoms with Gasteiger partial charge in [0.25, 0.3) is 0 Å². The fraction of sp³-hybridized carbons (Fsp3) is 1.00. The van der Waals surface area contributed by atoms with Gasteiger partial charge in [-0.1, -0.05) is 53.4 Å². The van der Waals surface area contributed by atoms with Crippen molar-refractivity contribution >= 4 is 0 Å². The zero-order chi connectivity index (χ0) is 9.19. The quantitative estimate of drug-likeness (QED) is 0.578. The highest BCUT2D eigenvalue weighted by atomic mass is 14.4. The molecule has 0 unspecified atom stereocenters. The van der Waals surface area contributed by atoms with Gasteiger partial charge >= 0.3 is 0 Å². The van der Waals surface area contributed by atoms with Gasteiger partial charge in [0.2, 0.25) is 0 Å². The molecule has 1 aliphatic rings. The second-order valence-electron chi connectivity index (χ2n) is 5.22. The molecule has 0 nitrogen and oxygen atoms in total. The van der Waals surface area contributed by atoms with Crippen LogP contribution in [0.1, 0.15) is 59.8 Å². The van der Waals surface area contributed by atoms with E-state index in [1.165, 1.54) is 32.1 Å². The van der Waals surface area contributed by atoms with E-state index in [4.69, 9.17) is 0 Å². The lowest BCUT2D eigenvalue weighted by Gasteiger charge is -2.42. The van der Waals surface area contributed by atoms with Gasteiger partial charge in [0.1, 0.15) is 0 Å². The Labute approximate surface area is 77.7 Å². The Balaban J connectivity index is 2.54. The molecule has 1 rings (SSSR count). The van der Waals surface area contributed by atoms with E-state index in [-0.39, 0.29) is 0 Å². The van der Waals surface area contributed by atoms with Gasteiger partial charge in [-0.15, -0.1) is 0 Å². The van der Waals surface area contributed by atoms with Gasteiger partial charge in [0.15, 0.2) is 0 Å². The molecule has 0 aromatic heterocycles. The summed E-state index contributed by atoms with van der Waals surface area (Å²) in [6.07, 6.45) is 7.20. The minimum Gasteiger partial charge on any atom is -0.0654 e. The summed E-state index contributed by atoms with van der Waals surface area (Å²) >= 11 is 0. The van der Waals surface area contributed by atoms with Crippen molar-refractivity contribution in [2.45, 2.75) is 59.8 Å². The van der Waals surface area contributed by atoms with Crippen LogP contribution in [-0.4, -0.2) is 0 Å². The lowest BCUT2D eigenvalue weighted by atomic mass is 9.63. The minimum atomic E-state index is 0.609. The summed E-state index contributed by atoms with van der Waals surface area (Å²) in [7, 11) is 0. The Morgan fingerprint density at radius 2 is 2.00 bits per heavy atom. The highest BCUT2D eigenvalue weighted by molar-refractivity contribution is 4.85. The smallest absolute Gasteiger partial charge is 0.0326 e. The summed E-state index contributed by atoms with van der Waals surface area (Å²) in [6.45, 7) is 9.66. The van der Waals surface area contributed by atoms with E-state index in [9.17, 15) is 0 Å². The van der Waals surface area contributed by atoms with Crippen molar-refractivity contribution in [3.63, 3.8) is 0 Å². The first kappa shape index (κ1) is 10.1. The van der Waals surface area contributed by atoms with Crippen LogP contribution in [-0.2, 0) is 0 Å². The van der Waals surface area contributed by atoms with Crippen LogP contribution in [0, 0.1) is 17.3 Å². The molecule has 72 valence electrons. The summed E-state index contributed by atoms with van der Waals surface area (Å²) < 4.78 is 0. The van der Waals surface area contributed by atoms with E-state index in [0.717, 1.165) is 11.8 Å². The maximum Gasteiger partial charge on any atom is -0.0326 e. The molecule has 12 heavy (non-hydrogen) atoms. The van der Waals surface area contributed by atoms with Crippen molar-refractivity contribution in [3.05, 3.63) is 0 Å². The van der Waals surface area contributed by atoms with Gasteiger partial charge in [0, 0.05) is 0 Å². The molecule has 0 N–H and O–H groups in total. The number of hydrogen-bond acceptors (Lipinski definition) is 0. The van der Waals surface area contributed by atoms with Crippen LogP contribution in [0.25, 0.3) is 0 Å². The Morgan fingerprint density at radius 1 is 1.33 bits per heavy atom. The molecule has 0 heterocycles.